The maximum atomic E-state index is 13.2. The molecular weight excluding hydrogens is 505 g/mol. The summed E-state index contributed by atoms with van der Waals surface area (Å²) in [5.74, 6) is -0.443. The number of methoxy groups -OCH3 is 2. The molecule has 0 spiro atoms. The first kappa shape index (κ1) is 28.5. The van der Waals surface area contributed by atoms with Crippen molar-refractivity contribution in [1.82, 2.24) is 5.16 Å². The number of esters is 2. The molecule has 0 atom stereocenters. The number of nitrogens with zero attached hydrogens (tertiary/aromatic N) is 1. The molecule has 1 N–H and O–H groups in total. The van der Waals surface area contributed by atoms with Crippen LogP contribution in [-0.4, -0.2) is 44.5 Å². The summed E-state index contributed by atoms with van der Waals surface area (Å²) >= 11 is 0. The summed E-state index contributed by atoms with van der Waals surface area (Å²) in [6, 6.07) is 8.18. The number of carbonyl (C=O) groups is 2. The monoisotopic (exact) mass is 534 g/mol. The summed E-state index contributed by atoms with van der Waals surface area (Å²) < 4.78 is 60.0. The van der Waals surface area contributed by atoms with E-state index in [0.717, 1.165) is 11.3 Å². The maximum Gasteiger partial charge on any atom is 0.437 e. The molecule has 2 aromatic carbocycles. The number of aromatic nitrogens is 1. The van der Waals surface area contributed by atoms with Gasteiger partial charge in [0.25, 0.3) is 0 Å². The van der Waals surface area contributed by atoms with Crippen LogP contribution in [0.3, 0.4) is 0 Å². The molecule has 0 aliphatic carbocycles. The summed E-state index contributed by atoms with van der Waals surface area (Å²) in [5, 5.41) is 6.42. The zero-order chi connectivity index (χ0) is 27.7. The number of halogens is 3. The highest BCUT2D eigenvalue weighted by atomic mass is 19.4. The summed E-state index contributed by atoms with van der Waals surface area (Å²) in [5.41, 5.74) is 1.72. The van der Waals surface area contributed by atoms with E-state index < -0.39 is 17.8 Å². The van der Waals surface area contributed by atoms with Gasteiger partial charge in [-0.05, 0) is 54.3 Å². The number of alkyl halides is 3. The third-order valence-corrected chi connectivity index (χ3v) is 5.66. The minimum Gasteiger partial charge on any atom is -0.493 e. The quantitative estimate of drug-likeness (QED) is 0.183. The molecule has 0 aliphatic rings. The Morgan fingerprint density at radius 2 is 1.92 bits per heavy atom. The van der Waals surface area contributed by atoms with E-state index in [1.54, 1.807) is 24.3 Å². The van der Waals surface area contributed by atoms with Crippen molar-refractivity contribution < 1.29 is 41.5 Å². The predicted molar refractivity (Wildman–Crippen MR) is 135 cm³/mol. The molecule has 0 unspecified atom stereocenters. The van der Waals surface area contributed by atoms with E-state index >= 15 is 0 Å². The van der Waals surface area contributed by atoms with Gasteiger partial charge in [0.2, 0.25) is 0 Å². The van der Waals surface area contributed by atoms with Crippen LogP contribution in [0.2, 0.25) is 0 Å². The molecule has 0 bridgehead atoms. The minimum atomic E-state index is -4.61. The van der Waals surface area contributed by atoms with E-state index in [9.17, 15) is 22.8 Å². The highest BCUT2D eigenvalue weighted by Gasteiger charge is 2.37. The highest BCUT2D eigenvalue weighted by molar-refractivity contribution is 5.88. The molecule has 11 heteroatoms. The van der Waals surface area contributed by atoms with Gasteiger partial charge >= 0.3 is 18.1 Å². The van der Waals surface area contributed by atoms with Gasteiger partial charge in [0.05, 0.1) is 32.6 Å². The molecular formula is C27H29F3N2O6. The van der Waals surface area contributed by atoms with Crippen LogP contribution < -0.4 is 10.1 Å². The standard InChI is InChI=1S/C27H29F3N2O6/c1-4-6-19-22(11-9-20-25(19)38-32-26(20)27(28,29)30)37-14-5-13-31-21-10-7-17(16-24(34)36-3)15-18(21)8-12-23(33)35-2/h7-12,15,31H,4-6,13-14,16H2,1-3H3. The Kier molecular flexibility index (Phi) is 9.75. The molecule has 0 radical (unpaired) electrons. The lowest BCUT2D eigenvalue weighted by molar-refractivity contribution is -0.141. The van der Waals surface area contributed by atoms with Crippen molar-refractivity contribution in [2.24, 2.45) is 0 Å². The Bertz CT molecular complexity index is 1300. The highest BCUT2D eigenvalue weighted by Crippen LogP contribution is 2.38. The first-order chi connectivity index (χ1) is 18.2. The van der Waals surface area contributed by atoms with E-state index in [1.807, 2.05) is 6.92 Å². The fraction of sp³-hybridized carbons (Fsp3) is 0.370. The SMILES string of the molecule is CCCc1c(OCCCNc2ccc(CC(=O)OC)cc2C=CC(=O)OC)ccc2c(C(F)(F)F)noc12. The van der Waals surface area contributed by atoms with Gasteiger partial charge in [-0.3, -0.25) is 4.79 Å². The van der Waals surface area contributed by atoms with Crippen LogP contribution in [0.5, 0.6) is 5.75 Å². The molecule has 1 aromatic heterocycles. The molecule has 8 nitrogen and oxygen atoms in total. The fourth-order valence-electron chi connectivity index (χ4n) is 3.83. The number of aryl methyl sites for hydroxylation is 1. The Morgan fingerprint density at radius 3 is 2.61 bits per heavy atom. The van der Waals surface area contributed by atoms with E-state index in [4.69, 9.17) is 14.0 Å². The zero-order valence-corrected chi connectivity index (χ0v) is 21.3. The molecule has 0 aliphatic heterocycles. The lowest BCUT2D eigenvalue weighted by Crippen LogP contribution is -2.10. The maximum absolute atomic E-state index is 13.2. The van der Waals surface area contributed by atoms with Crippen LogP contribution in [0.15, 0.2) is 40.9 Å². The summed E-state index contributed by atoms with van der Waals surface area (Å²) in [6.07, 6.45) is 0.0832. The number of fused-ring (bicyclic) bond motifs is 1. The van der Waals surface area contributed by atoms with Crippen LogP contribution in [0.4, 0.5) is 18.9 Å². The van der Waals surface area contributed by atoms with Crippen LogP contribution in [0.25, 0.3) is 17.0 Å². The van der Waals surface area contributed by atoms with Gasteiger partial charge in [0.15, 0.2) is 11.3 Å². The van der Waals surface area contributed by atoms with E-state index in [1.165, 1.54) is 32.4 Å². The van der Waals surface area contributed by atoms with E-state index in [0.29, 0.717) is 49.3 Å². The van der Waals surface area contributed by atoms with Gasteiger partial charge in [-0.15, -0.1) is 0 Å². The summed E-state index contributed by atoms with van der Waals surface area (Å²) in [4.78, 5) is 23.2. The number of benzene rings is 2. The third-order valence-electron chi connectivity index (χ3n) is 5.66. The Hall–Kier alpha value is -4.02. The molecule has 3 rings (SSSR count). The first-order valence-electron chi connectivity index (χ1n) is 12.0. The number of hydrogen-bond donors (Lipinski definition) is 1. The van der Waals surface area contributed by atoms with E-state index in [-0.39, 0.29) is 23.4 Å². The third kappa shape index (κ3) is 7.27. The second-order valence-corrected chi connectivity index (χ2v) is 8.36. The molecule has 1 heterocycles. The average Bonchev–Trinajstić information content (AvgIpc) is 3.34. The molecule has 38 heavy (non-hydrogen) atoms. The van der Waals surface area contributed by atoms with Crippen molar-refractivity contribution in [2.75, 3.05) is 32.7 Å². The number of ether oxygens (including phenoxy) is 3. The minimum absolute atomic E-state index is 0.0850. The van der Waals surface area contributed by atoms with Crippen molar-refractivity contribution in [3.63, 3.8) is 0 Å². The topological polar surface area (TPSA) is 99.9 Å². The molecule has 0 saturated carbocycles. The van der Waals surface area contributed by atoms with Gasteiger partial charge in [-0.25, -0.2) is 4.79 Å². The van der Waals surface area contributed by atoms with Crippen molar-refractivity contribution in [1.29, 1.82) is 0 Å². The van der Waals surface area contributed by atoms with Crippen molar-refractivity contribution in [3.8, 4) is 5.75 Å². The molecule has 0 saturated heterocycles. The van der Waals surface area contributed by atoms with Gasteiger partial charge in [-0.2, -0.15) is 13.2 Å². The predicted octanol–water partition coefficient (Wildman–Crippen LogP) is 5.58. The molecule has 3 aromatic rings. The smallest absolute Gasteiger partial charge is 0.437 e. The number of carbonyl (C=O) groups excluding carboxylic acids is 2. The van der Waals surface area contributed by atoms with Gasteiger partial charge in [0.1, 0.15) is 5.75 Å². The Labute approximate surface area is 217 Å². The largest absolute Gasteiger partial charge is 0.493 e. The van der Waals surface area contributed by atoms with Crippen LogP contribution in [-0.2, 0) is 38.1 Å². The first-order valence-corrected chi connectivity index (χ1v) is 12.0. The molecule has 204 valence electrons. The van der Waals surface area contributed by atoms with Gasteiger partial charge in [0, 0.05) is 23.9 Å². The normalized spacial score (nSPS) is 11.6. The van der Waals surface area contributed by atoms with Crippen LogP contribution in [0.1, 0.15) is 42.1 Å². The zero-order valence-electron chi connectivity index (χ0n) is 21.3. The summed E-state index contributed by atoms with van der Waals surface area (Å²) in [7, 11) is 2.59. The van der Waals surface area contributed by atoms with Gasteiger partial charge in [-0.1, -0.05) is 24.6 Å². The molecule has 0 fully saturated rings. The second-order valence-electron chi connectivity index (χ2n) is 8.36. The fourth-order valence-corrected chi connectivity index (χ4v) is 3.83. The molecule has 0 amide bonds. The Balaban J connectivity index is 1.67. The lowest BCUT2D eigenvalue weighted by atomic mass is 10.0. The van der Waals surface area contributed by atoms with Crippen LogP contribution >= 0.6 is 0 Å². The Morgan fingerprint density at radius 1 is 1.13 bits per heavy atom. The number of rotatable bonds is 12. The average molecular weight is 535 g/mol. The number of hydrogen-bond acceptors (Lipinski definition) is 8. The van der Waals surface area contributed by atoms with Gasteiger partial charge < -0.3 is 24.1 Å². The summed E-state index contributed by atoms with van der Waals surface area (Å²) in [6.45, 7) is 2.71. The van der Waals surface area contributed by atoms with Crippen LogP contribution in [0, 0.1) is 0 Å². The number of nitrogens with one attached hydrogen (secondary N) is 1. The lowest BCUT2D eigenvalue weighted by Gasteiger charge is -2.14. The number of anilines is 1. The van der Waals surface area contributed by atoms with E-state index in [2.05, 4.69) is 15.2 Å². The van der Waals surface area contributed by atoms with Crippen molar-refractivity contribution in [2.45, 2.75) is 38.8 Å². The van der Waals surface area contributed by atoms with Crippen molar-refractivity contribution >= 4 is 34.7 Å². The second kappa shape index (κ2) is 13.0. The van der Waals surface area contributed by atoms with Crippen molar-refractivity contribution in [3.05, 3.63) is 58.8 Å².